The number of hydrogen-bond acceptors (Lipinski definition) is 3. The van der Waals surface area contributed by atoms with Crippen LogP contribution in [0.5, 0.6) is 0 Å². The molecule has 2 aliphatic rings. The summed E-state index contributed by atoms with van der Waals surface area (Å²) in [5.41, 5.74) is 1.04. The zero-order valence-corrected chi connectivity index (χ0v) is 14.1. The summed E-state index contributed by atoms with van der Waals surface area (Å²) in [4.78, 5) is 19.7. The molecule has 1 amide bonds. The van der Waals surface area contributed by atoms with Crippen LogP contribution < -0.4 is 0 Å². The molecular weight excluding hydrogens is 276 g/mol. The second kappa shape index (κ2) is 6.05. The SMILES string of the molecule is CN1CCCN(C)C2(CCN(C(=O)c3cccn3C)CC2)C1. The molecule has 2 aliphatic heterocycles. The summed E-state index contributed by atoms with van der Waals surface area (Å²) in [6.07, 6.45) is 5.32. The van der Waals surface area contributed by atoms with E-state index < -0.39 is 0 Å². The van der Waals surface area contributed by atoms with E-state index in [0.29, 0.717) is 0 Å². The fourth-order valence-electron chi connectivity index (χ4n) is 4.03. The van der Waals surface area contributed by atoms with Gasteiger partial charge in [0.25, 0.3) is 5.91 Å². The van der Waals surface area contributed by atoms with Crippen LogP contribution in [-0.4, -0.2) is 77.5 Å². The molecule has 0 aromatic carbocycles. The molecule has 1 aromatic rings. The average molecular weight is 304 g/mol. The molecule has 122 valence electrons. The van der Waals surface area contributed by atoms with Crippen LogP contribution in [0.3, 0.4) is 0 Å². The minimum atomic E-state index is 0.173. The fraction of sp³-hybridized carbons (Fsp3) is 0.706. The summed E-state index contributed by atoms with van der Waals surface area (Å²) in [6, 6.07) is 3.85. The third-order valence-electron chi connectivity index (χ3n) is 5.55. The van der Waals surface area contributed by atoms with Gasteiger partial charge in [0.15, 0.2) is 0 Å². The highest BCUT2D eigenvalue weighted by molar-refractivity contribution is 5.92. The molecule has 0 atom stereocenters. The molecule has 22 heavy (non-hydrogen) atoms. The summed E-state index contributed by atoms with van der Waals surface area (Å²) in [7, 11) is 6.42. The second-order valence-corrected chi connectivity index (χ2v) is 7.03. The summed E-state index contributed by atoms with van der Waals surface area (Å²) in [5.74, 6) is 0.173. The Labute approximate surface area is 133 Å². The predicted molar refractivity (Wildman–Crippen MR) is 88.0 cm³/mol. The van der Waals surface area contributed by atoms with Gasteiger partial charge in [-0.2, -0.15) is 0 Å². The Morgan fingerprint density at radius 1 is 1.09 bits per heavy atom. The van der Waals surface area contributed by atoms with Crippen molar-refractivity contribution in [3.8, 4) is 0 Å². The largest absolute Gasteiger partial charge is 0.347 e. The number of carbonyl (C=O) groups is 1. The summed E-state index contributed by atoms with van der Waals surface area (Å²) in [6.45, 7) is 5.19. The maximum atomic E-state index is 12.6. The third-order valence-corrected chi connectivity index (χ3v) is 5.55. The number of likely N-dealkylation sites (tertiary alicyclic amines) is 1. The van der Waals surface area contributed by atoms with Crippen molar-refractivity contribution in [2.75, 3.05) is 46.8 Å². The van der Waals surface area contributed by atoms with E-state index in [9.17, 15) is 4.79 Å². The third kappa shape index (κ3) is 2.79. The van der Waals surface area contributed by atoms with E-state index >= 15 is 0 Å². The van der Waals surface area contributed by atoms with Crippen LogP contribution in [0.2, 0.25) is 0 Å². The molecule has 5 heteroatoms. The number of aryl methyl sites for hydroxylation is 1. The minimum Gasteiger partial charge on any atom is -0.347 e. The Balaban J connectivity index is 1.69. The molecule has 2 fully saturated rings. The lowest BCUT2D eigenvalue weighted by Crippen LogP contribution is -2.58. The molecule has 1 spiro atoms. The lowest BCUT2D eigenvalue weighted by molar-refractivity contribution is 0.0277. The molecule has 0 unspecified atom stereocenters. The van der Waals surface area contributed by atoms with Gasteiger partial charge in [-0.3, -0.25) is 9.69 Å². The van der Waals surface area contributed by atoms with Gasteiger partial charge in [-0.1, -0.05) is 0 Å². The van der Waals surface area contributed by atoms with Crippen molar-refractivity contribution in [2.45, 2.75) is 24.8 Å². The van der Waals surface area contributed by atoms with Gasteiger partial charge in [0.05, 0.1) is 0 Å². The number of hydrogen-bond donors (Lipinski definition) is 0. The van der Waals surface area contributed by atoms with Crippen molar-refractivity contribution in [3.05, 3.63) is 24.0 Å². The van der Waals surface area contributed by atoms with E-state index in [-0.39, 0.29) is 11.4 Å². The monoisotopic (exact) mass is 304 g/mol. The summed E-state index contributed by atoms with van der Waals surface area (Å²) >= 11 is 0. The van der Waals surface area contributed by atoms with E-state index in [2.05, 4.69) is 23.9 Å². The zero-order chi connectivity index (χ0) is 15.7. The number of amides is 1. The van der Waals surface area contributed by atoms with Crippen LogP contribution >= 0.6 is 0 Å². The molecular formula is C17H28N4O. The molecule has 3 heterocycles. The molecule has 0 aliphatic carbocycles. The number of nitrogens with zero attached hydrogens (tertiary/aromatic N) is 4. The predicted octanol–water partition coefficient (Wildman–Crippen LogP) is 1.27. The molecule has 0 saturated carbocycles. The Morgan fingerprint density at radius 3 is 2.45 bits per heavy atom. The Hall–Kier alpha value is -1.33. The lowest BCUT2D eigenvalue weighted by Gasteiger charge is -2.47. The van der Waals surface area contributed by atoms with E-state index in [0.717, 1.165) is 44.7 Å². The van der Waals surface area contributed by atoms with Crippen molar-refractivity contribution in [1.82, 2.24) is 19.3 Å². The van der Waals surface area contributed by atoms with Crippen LogP contribution in [0.15, 0.2) is 18.3 Å². The van der Waals surface area contributed by atoms with E-state index in [4.69, 9.17) is 0 Å². The second-order valence-electron chi connectivity index (χ2n) is 7.03. The number of rotatable bonds is 1. The highest BCUT2D eigenvalue weighted by Gasteiger charge is 2.41. The first-order valence-corrected chi connectivity index (χ1v) is 8.32. The molecule has 2 saturated heterocycles. The van der Waals surface area contributed by atoms with Crippen LogP contribution in [0, 0.1) is 0 Å². The topological polar surface area (TPSA) is 31.7 Å². The van der Waals surface area contributed by atoms with Crippen LogP contribution in [0.4, 0.5) is 0 Å². The average Bonchev–Trinajstić information content (AvgIpc) is 2.87. The van der Waals surface area contributed by atoms with Crippen LogP contribution in [-0.2, 0) is 7.05 Å². The molecule has 0 N–H and O–H groups in total. The first kappa shape index (κ1) is 15.6. The maximum Gasteiger partial charge on any atom is 0.270 e. The number of aromatic nitrogens is 1. The van der Waals surface area contributed by atoms with Gasteiger partial charge < -0.3 is 14.4 Å². The first-order valence-electron chi connectivity index (χ1n) is 8.32. The van der Waals surface area contributed by atoms with Gasteiger partial charge >= 0.3 is 0 Å². The van der Waals surface area contributed by atoms with Crippen LogP contribution in [0.25, 0.3) is 0 Å². The number of carbonyl (C=O) groups excluding carboxylic acids is 1. The van der Waals surface area contributed by atoms with Gasteiger partial charge in [0, 0.05) is 38.4 Å². The van der Waals surface area contributed by atoms with Crippen molar-refractivity contribution in [1.29, 1.82) is 0 Å². The van der Waals surface area contributed by atoms with E-state index in [1.165, 1.54) is 13.0 Å². The van der Waals surface area contributed by atoms with E-state index in [1.54, 1.807) is 0 Å². The first-order chi connectivity index (χ1) is 10.5. The summed E-state index contributed by atoms with van der Waals surface area (Å²) < 4.78 is 1.91. The number of piperidine rings is 1. The molecule has 0 radical (unpaired) electrons. The van der Waals surface area contributed by atoms with Gasteiger partial charge in [-0.25, -0.2) is 0 Å². The number of likely N-dealkylation sites (N-methyl/N-ethyl adjacent to an activating group) is 2. The van der Waals surface area contributed by atoms with Gasteiger partial charge in [0.1, 0.15) is 5.69 Å². The van der Waals surface area contributed by atoms with Crippen molar-refractivity contribution in [3.63, 3.8) is 0 Å². The van der Waals surface area contributed by atoms with E-state index in [1.807, 2.05) is 34.8 Å². The smallest absolute Gasteiger partial charge is 0.270 e. The van der Waals surface area contributed by atoms with Crippen molar-refractivity contribution < 1.29 is 4.79 Å². The van der Waals surface area contributed by atoms with Crippen molar-refractivity contribution >= 4 is 5.91 Å². The molecule has 1 aromatic heterocycles. The summed E-state index contributed by atoms with van der Waals surface area (Å²) in [5, 5.41) is 0. The quantitative estimate of drug-likeness (QED) is 0.783. The normalized spacial score (nSPS) is 23.7. The Morgan fingerprint density at radius 2 is 1.82 bits per heavy atom. The Bertz CT molecular complexity index is 531. The molecule has 3 rings (SSSR count). The van der Waals surface area contributed by atoms with Gasteiger partial charge in [-0.05, 0) is 58.6 Å². The standard InChI is InChI=1S/C17H28N4O/c1-18-9-5-11-20(3)17(14-18)7-12-21(13-8-17)16(22)15-6-4-10-19(15)2/h4,6,10H,5,7-9,11-14H2,1-3H3. The highest BCUT2D eigenvalue weighted by atomic mass is 16.2. The Kier molecular flexibility index (Phi) is 4.28. The molecule has 5 nitrogen and oxygen atoms in total. The van der Waals surface area contributed by atoms with Gasteiger partial charge in [0.2, 0.25) is 0 Å². The minimum absolute atomic E-state index is 0.173. The van der Waals surface area contributed by atoms with Crippen molar-refractivity contribution in [2.24, 2.45) is 7.05 Å². The van der Waals surface area contributed by atoms with Crippen LogP contribution in [0.1, 0.15) is 29.8 Å². The molecule has 0 bridgehead atoms. The maximum absolute atomic E-state index is 12.6. The van der Waals surface area contributed by atoms with Gasteiger partial charge in [-0.15, -0.1) is 0 Å². The highest BCUT2D eigenvalue weighted by Crippen LogP contribution is 2.31. The lowest BCUT2D eigenvalue weighted by atomic mass is 9.85. The zero-order valence-electron chi connectivity index (χ0n) is 14.1. The fourth-order valence-corrected chi connectivity index (χ4v) is 4.03.